The standard InChI is InChI=1S/C25H30N4O/c1-4-29-14-22(16(3)28-29)24-13-21(19-7-5-6-8-23(19)27-24)25(30)26-15(2)20-12-17-9-10-18(20)11-17/h5-8,13-15,17-18,20H,4,9-12H2,1-3H3,(H,26,30)/t15-,17-,18-,20+/m0/s1. The molecule has 2 saturated carbocycles. The number of benzene rings is 1. The third-order valence-electron chi connectivity index (χ3n) is 7.30. The first-order valence-electron chi connectivity index (χ1n) is 11.3. The van der Waals surface area contributed by atoms with Crippen LogP contribution in [0.25, 0.3) is 22.2 Å². The summed E-state index contributed by atoms with van der Waals surface area (Å²) in [5, 5.41) is 8.80. The number of carbonyl (C=O) groups excluding carboxylic acids is 1. The zero-order valence-electron chi connectivity index (χ0n) is 18.1. The molecule has 5 rings (SSSR count). The maximum Gasteiger partial charge on any atom is 0.252 e. The van der Waals surface area contributed by atoms with Gasteiger partial charge in [0.1, 0.15) is 0 Å². The van der Waals surface area contributed by atoms with Crippen LogP contribution in [-0.2, 0) is 6.54 Å². The van der Waals surface area contributed by atoms with Crippen LogP contribution in [0.2, 0.25) is 0 Å². The van der Waals surface area contributed by atoms with Crippen molar-refractivity contribution >= 4 is 16.8 Å². The van der Waals surface area contributed by atoms with Crippen LogP contribution in [0.1, 0.15) is 55.6 Å². The van der Waals surface area contributed by atoms with Crippen molar-refractivity contribution in [3.63, 3.8) is 0 Å². The number of hydrogen-bond acceptors (Lipinski definition) is 3. The predicted molar refractivity (Wildman–Crippen MR) is 119 cm³/mol. The van der Waals surface area contributed by atoms with E-state index in [-0.39, 0.29) is 11.9 Å². The Hall–Kier alpha value is -2.69. The fraction of sp³-hybridized carbons (Fsp3) is 0.480. The number of aromatic nitrogens is 3. The molecule has 0 unspecified atom stereocenters. The summed E-state index contributed by atoms with van der Waals surface area (Å²) in [6, 6.07) is 10.1. The third kappa shape index (κ3) is 3.30. The van der Waals surface area contributed by atoms with Crippen LogP contribution in [0.4, 0.5) is 0 Å². The molecule has 2 heterocycles. The lowest BCUT2D eigenvalue weighted by Gasteiger charge is -2.28. The molecule has 2 aliphatic rings. The van der Waals surface area contributed by atoms with Gasteiger partial charge in [0, 0.05) is 29.7 Å². The number of hydrogen-bond donors (Lipinski definition) is 1. The fourth-order valence-corrected chi connectivity index (χ4v) is 5.73. The lowest BCUT2D eigenvalue weighted by atomic mass is 9.84. The van der Waals surface area contributed by atoms with Gasteiger partial charge in [-0.05, 0) is 69.9 Å². The van der Waals surface area contributed by atoms with E-state index in [1.54, 1.807) is 0 Å². The molecule has 1 N–H and O–H groups in total. The minimum atomic E-state index is 0.00524. The number of fused-ring (bicyclic) bond motifs is 3. The second-order valence-electron chi connectivity index (χ2n) is 9.16. The van der Waals surface area contributed by atoms with Crippen LogP contribution < -0.4 is 5.32 Å². The van der Waals surface area contributed by atoms with Crippen LogP contribution in [0.15, 0.2) is 36.5 Å². The number of rotatable bonds is 5. The minimum Gasteiger partial charge on any atom is -0.349 e. The highest BCUT2D eigenvalue weighted by Gasteiger charge is 2.42. The van der Waals surface area contributed by atoms with E-state index in [1.807, 2.05) is 48.1 Å². The highest BCUT2D eigenvalue weighted by molar-refractivity contribution is 6.07. The Balaban J connectivity index is 1.49. The normalized spacial score (nSPS) is 23.8. The Bertz CT molecular complexity index is 1100. The second kappa shape index (κ2) is 7.53. The molecular formula is C25H30N4O. The van der Waals surface area contributed by atoms with Gasteiger partial charge < -0.3 is 5.32 Å². The molecule has 3 aromatic rings. The van der Waals surface area contributed by atoms with Gasteiger partial charge in [-0.3, -0.25) is 9.48 Å². The SMILES string of the molecule is CCn1cc(-c2cc(C(=O)N[C@@H](C)[C@H]3C[C@H]4CC[C@H]3C4)c3ccccc3n2)c(C)n1. The van der Waals surface area contributed by atoms with E-state index in [1.165, 1.54) is 25.7 Å². The van der Waals surface area contributed by atoms with Crippen molar-refractivity contribution in [1.29, 1.82) is 0 Å². The van der Waals surface area contributed by atoms with Gasteiger partial charge in [-0.1, -0.05) is 24.6 Å². The molecule has 5 nitrogen and oxygen atoms in total. The van der Waals surface area contributed by atoms with E-state index in [2.05, 4.69) is 24.3 Å². The van der Waals surface area contributed by atoms with Crippen molar-refractivity contribution < 1.29 is 4.79 Å². The average molecular weight is 403 g/mol. The van der Waals surface area contributed by atoms with Crippen LogP contribution in [0, 0.1) is 24.7 Å². The topological polar surface area (TPSA) is 59.8 Å². The van der Waals surface area contributed by atoms with E-state index in [9.17, 15) is 4.79 Å². The zero-order chi connectivity index (χ0) is 20.8. The molecule has 5 heteroatoms. The molecule has 4 atom stereocenters. The van der Waals surface area contributed by atoms with E-state index >= 15 is 0 Å². The number of nitrogens with zero attached hydrogens (tertiary/aromatic N) is 3. The Kier molecular flexibility index (Phi) is 4.84. The van der Waals surface area contributed by atoms with Crippen molar-refractivity contribution in [1.82, 2.24) is 20.1 Å². The molecule has 0 saturated heterocycles. The van der Waals surface area contributed by atoms with Crippen molar-refractivity contribution in [2.75, 3.05) is 0 Å². The van der Waals surface area contributed by atoms with Crippen molar-refractivity contribution in [2.24, 2.45) is 17.8 Å². The second-order valence-corrected chi connectivity index (χ2v) is 9.16. The average Bonchev–Trinajstić information content (AvgIpc) is 3.48. The van der Waals surface area contributed by atoms with Gasteiger partial charge in [0.25, 0.3) is 5.91 Å². The molecule has 2 fully saturated rings. The summed E-state index contributed by atoms with van der Waals surface area (Å²) in [5.74, 6) is 2.29. The minimum absolute atomic E-state index is 0.00524. The summed E-state index contributed by atoms with van der Waals surface area (Å²) in [7, 11) is 0. The highest BCUT2D eigenvalue weighted by atomic mass is 16.1. The van der Waals surface area contributed by atoms with Gasteiger partial charge in [-0.2, -0.15) is 5.10 Å². The summed E-state index contributed by atoms with van der Waals surface area (Å²) in [6.07, 6.45) is 7.35. The molecule has 2 aliphatic carbocycles. The van der Waals surface area contributed by atoms with Crippen molar-refractivity contribution in [2.45, 2.75) is 59.0 Å². The van der Waals surface area contributed by atoms with E-state index in [0.717, 1.165) is 46.2 Å². The number of carbonyl (C=O) groups is 1. The maximum atomic E-state index is 13.4. The summed E-state index contributed by atoms with van der Waals surface area (Å²) >= 11 is 0. The molecule has 2 bridgehead atoms. The molecule has 0 spiro atoms. The Morgan fingerprint density at radius 1 is 1.27 bits per heavy atom. The van der Waals surface area contributed by atoms with Crippen molar-refractivity contribution in [3.05, 3.63) is 47.8 Å². The van der Waals surface area contributed by atoms with Crippen LogP contribution >= 0.6 is 0 Å². The third-order valence-corrected chi connectivity index (χ3v) is 7.30. The van der Waals surface area contributed by atoms with Crippen LogP contribution in [0.3, 0.4) is 0 Å². The summed E-state index contributed by atoms with van der Waals surface area (Å²) < 4.78 is 1.92. The quantitative estimate of drug-likeness (QED) is 0.655. The van der Waals surface area contributed by atoms with E-state index in [0.29, 0.717) is 11.5 Å². The summed E-state index contributed by atoms with van der Waals surface area (Å²) in [4.78, 5) is 18.3. The Labute approximate surface area is 177 Å². The lowest BCUT2D eigenvalue weighted by molar-refractivity contribution is 0.0917. The number of aryl methyl sites for hydroxylation is 2. The Morgan fingerprint density at radius 2 is 2.10 bits per heavy atom. The fourth-order valence-electron chi connectivity index (χ4n) is 5.73. The maximum absolute atomic E-state index is 13.4. The van der Waals surface area contributed by atoms with Crippen LogP contribution in [0.5, 0.6) is 0 Å². The molecule has 1 aromatic carbocycles. The number of para-hydroxylation sites is 1. The molecular weight excluding hydrogens is 372 g/mol. The molecule has 156 valence electrons. The number of amides is 1. The van der Waals surface area contributed by atoms with Crippen molar-refractivity contribution in [3.8, 4) is 11.3 Å². The smallest absolute Gasteiger partial charge is 0.252 e. The largest absolute Gasteiger partial charge is 0.349 e. The first kappa shape index (κ1) is 19.3. The first-order chi connectivity index (χ1) is 14.5. The van der Waals surface area contributed by atoms with Gasteiger partial charge in [-0.15, -0.1) is 0 Å². The first-order valence-corrected chi connectivity index (χ1v) is 11.3. The number of pyridine rings is 1. The molecule has 1 amide bonds. The number of nitrogens with one attached hydrogen (secondary N) is 1. The van der Waals surface area contributed by atoms with E-state index < -0.39 is 0 Å². The van der Waals surface area contributed by atoms with Gasteiger partial charge >= 0.3 is 0 Å². The molecule has 0 radical (unpaired) electrons. The highest BCUT2D eigenvalue weighted by Crippen LogP contribution is 2.49. The van der Waals surface area contributed by atoms with Crippen LogP contribution in [-0.4, -0.2) is 26.7 Å². The molecule has 30 heavy (non-hydrogen) atoms. The monoisotopic (exact) mass is 402 g/mol. The van der Waals surface area contributed by atoms with Gasteiger partial charge in [0.05, 0.1) is 22.5 Å². The predicted octanol–water partition coefficient (Wildman–Crippen LogP) is 4.98. The summed E-state index contributed by atoms with van der Waals surface area (Å²) in [5.41, 5.74) is 4.27. The van der Waals surface area contributed by atoms with Gasteiger partial charge in [0.15, 0.2) is 0 Å². The Morgan fingerprint density at radius 3 is 2.80 bits per heavy atom. The van der Waals surface area contributed by atoms with Gasteiger partial charge in [-0.25, -0.2) is 4.98 Å². The lowest BCUT2D eigenvalue weighted by Crippen LogP contribution is -2.40. The molecule has 0 aliphatic heterocycles. The van der Waals surface area contributed by atoms with E-state index in [4.69, 9.17) is 4.98 Å². The van der Waals surface area contributed by atoms with Gasteiger partial charge in [0.2, 0.25) is 0 Å². The molecule has 2 aromatic heterocycles. The zero-order valence-corrected chi connectivity index (χ0v) is 18.1. The summed E-state index contributed by atoms with van der Waals surface area (Å²) in [6.45, 7) is 7.06.